The summed E-state index contributed by atoms with van der Waals surface area (Å²) in [7, 11) is 1.62. The van der Waals surface area contributed by atoms with Crippen molar-refractivity contribution in [3.63, 3.8) is 0 Å². The molecule has 4 aromatic rings. The molecule has 0 aliphatic rings. The number of rotatable bonds is 7. The molecule has 3 aromatic carbocycles. The number of anilines is 1. The Morgan fingerprint density at radius 2 is 1.67 bits per heavy atom. The number of amides is 2. The highest BCUT2D eigenvalue weighted by Crippen LogP contribution is 2.26. The maximum Gasteiger partial charge on any atom is 0.248 e. The predicted octanol–water partition coefficient (Wildman–Crippen LogP) is 4.30. The summed E-state index contributed by atoms with van der Waals surface area (Å²) in [6.07, 6.45) is 5.04. The Kier molecular flexibility index (Phi) is 6.31. The van der Waals surface area contributed by atoms with Gasteiger partial charge in [0.15, 0.2) is 0 Å². The summed E-state index contributed by atoms with van der Waals surface area (Å²) in [4.78, 5) is 23.7. The molecule has 0 bridgehead atoms. The van der Waals surface area contributed by atoms with Crippen molar-refractivity contribution >= 4 is 23.6 Å². The first-order valence-corrected chi connectivity index (χ1v) is 10.2. The Morgan fingerprint density at radius 3 is 2.30 bits per heavy atom. The van der Waals surface area contributed by atoms with Gasteiger partial charge in [0.2, 0.25) is 11.8 Å². The molecule has 0 radical (unpaired) electrons. The first-order chi connectivity index (χ1) is 16.0. The van der Waals surface area contributed by atoms with Crippen molar-refractivity contribution in [2.75, 3.05) is 12.4 Å². The molecule has 0 aliphatic heterocycles. The third-order valence-electron chi connectivity index (χ3n) is 4.98. The molecule has 33 heavy (non-hydrogen) atoms. The van der Waals surface area contributed by atoms with Gasteiger partial charge in [-0.3, -0.25) is 9.59 Å². The second-order valence-corrected chi connectivity index (χ2v) is 7.21. The van der Waals surface area contributed by atoms with Crippen LogP contribution in [0.4, 0.5) is 5.69 Å². The van der Waals surface area contributed by atoms with Crippen LogP contribution in [0.15, 0.2) is 91.1 Å². The number of primary amides is 1. The van der Waals surface area contributed by atoms with Crippen LogP contribution in [0.25, 0.3) is 23.0 Å². The van der Waals surface area contributed by atoms with Crippen LogP contribution in [0.5, 0.6) is 5.75 Å². The molecule has 7 heteroatoms. The largest absolute Gasteiger partial charge is 0.497 e. The monoisotopic (exact) mass is 438 g/mol. The van der Waals surface area contributed by atoms with Crippen LogP contribution in [0.3, 0.4) is 0 Å². The standard InChI is InChI=1S/C26H22N4O3/c1-33-23-14-9-18(10-15-23)25-20(17-30(29-25)22-5-3-2-4-6-22)11-16-24(31)28-21-12-7-19(8-13-21)26(27)32/h2-17H,1H3,(H2,27,32)(H,28,31)/b16-11+. The zero-order chi connectivity index (χ0) is 23.2. The van der Waals surface area contributed by atoms with Crippen LogP contribution in [0.2, 0.25) is 0 Å². The highest BCUT2D eigenvalue weighted by molar-refractivity contribution is 6.02. The van der Waals surface area contributed by atoms with Gasteiger partial charge in [-0.1, -0.05) is 18.2 Å². The van der Waals surface area contributed by atoms with Gasteiger partial charge in [0, 0.05) is 34.7 Å². The van der Waals surface area contributed by atoms with Crippen molar-refractivity contribution in [2.24, 2.45) is 5.73 Å². The van der Waals surface area contributed by atoms with E-state index < -0.39 is 5.91 Å². The van der Waals surface area contributed by atoms with E-state index in [1.165, 1.54) is 6.08 Å². The lowest BCUT2D eigenvalue weighted by Crippen LogP contribution is -2.11. The number of benzene rings is 3. The van der Waals surface area contributed by atoms with Gasteiger partial charge in [-0.25, -0.2) is 4.68 Å². The van der Waals surface area contributed by atoms with E-state index in [2.05, 4.69) is 5.32 Å². The van der Waals surface area contributed by atoms with Gasteiger partial charge < -0.3 is 15.8 Å². The minimum atomic E-state index is -0.519. The minimum Gasteiger partial charge on any atom is -0.497 e. The molecule has 0 saturated carbocycles. The zero-order valence-electron chi connectivity index (χ0n) is 17.9. The maximum absolute atomic E-state index is 12.5. The van der Waals surface area contributed by atoms with E-state index in [0.717, 1.165) is 28.3 Å². The number of hydrogen-bond donors (Lipinski definition) is 2. The lowest BCUT2D eigenvalue weighted by atomic mass is 10.1. The molecule has 0 atom stereocenters. The molecule has 7 nitrogen and oxygen atoms in total. The SMILES string of the molecule is COc1ccc(-c2nn(-c3ccccc3)cc2/C=C/C(=O)Nc2ccc(C(N)=O)cc2)cc1. The first kappa shape index (κ1) is 21.6. The van der Waals surface area contributed by atoms with Gasteiger partial charge in [-0.15, -0.1) is 0 Å². The lowest BCUT2D eigenvalue weighted by molar-refractivity contribution is -0.111. The molecule has 164 valence electrons. The van der Waals surface area contributed by atoms with Crippen LogP contribution >= 0.6 is 0 Å². The Bertz CT molecular complexity index is 1290. The van der Waals surface area contributed by atoms with Gasteiger partial charge in [-0.2, -0.15) is 5.10 Å². The molecule has 0 saturated heterocycles. The normalized spacial score (nSPS) is 10.8. The highest BCUT2D eigenvalue weighted by atomic mass is 16.5. The Balaban J connectivity index is 1.60. The predicted molar refractivity (Wildman–Crippen MR) is 128 cm³/mol. The summed E-state index contributed by atoms with van der Waals surface area (Å²) >= 11 is 0. The maximum atomic E-state index is 12.5. The summed E-state index contributed by atoms with van der Waals surface area (Å²) in [6.45, 7) is 0. The van der Waals surface area contributed by atoms with Gasteiger partial charge in [-0.05, 0) is 66.7 Å². The third kappa shape index (κ3) is 5.16. The average molecular weight is 438 g/mol. The number of hydrogen-bond acceptors (Lipinski definition) is 4. The number of para-hydroxylation sites is 1. The molecule has 0 fully saturated rings. The molecule has 1 aromatic heterocycles. The van der Waals surface area contributed by atoms with E-state index in [9.17, 15) is 9.59 Å². The fourth-order valence-corrected chi connectivity index (χ4v) is 3.26. The number of nitrogens with one attached hydrogen (secondary N) is 1. The second kappa shape index (κ2) is 9.65. The molecule has 0 spiro atoms. The molecular formula is C26H22N4O3. The van der Waals surface area contributed by atoms with Gasteiger partial charge in [0.05, 0.1) is 18.5 Å². The van der Waals surface area contributed by atoms with E-state index in [0.29, 0.717) is 11.3 Å². The fraction of sp³-hybridized carbons (Fsp3) is 0.0385. The van der Waals surface area contributed by atoms with E-state index >= 15 is 0 Å². The average Bonchev–Trinajstić information content (AvgIpc) is 3.28. The molecule has 0 unspecified atom stereocenters. The molecule has 4 rings (SSSR count). The minimum absolute atomic E-state index is 0.310. The van der Waals surface area contributed by atoms with Crippen molar-refractivity contribution in [3.8, 4) is 22.7 Å². The molecular weight excluding hydrogens is 416 g/mol. The summed E-state index contributed by atoms with van der Waals surface area (Å²) in [5.74, 6) is -0.0794. The molecule has 0 aliphatic carbocycles. The number of nitrogens with zero attached hydrogens (tertiary/aromatic N) is 2. The van der Waals surface area contributed by atoms with E-state index in [-0.39, 0.29) is 5.91 Å². The van der Waals surface area contributed by atoms with E-state index in [1.807, 2.05) is 60.8 Å². The number of carbonyl (C=O) groups excluding carboxylic acids is 2. The Morgan fingerprint density at radius 1 is 0.970 bits per heavy atom. The number of carbonyl (C=O) groups is 2. The smallest absolute Gasteiger partial charge is 0.248 e. The Hall–Kier alpha value is -4.65. The van der Waals surface area contributed by atoms with Crippen molar-refractivity contribution in [3.05, 3.63) is 102 Å². The van der Waals surface area contributed by atoms with Crippen LogP contribution in [0, 0.1) is 0 Å². The van der Waals surface area contributed by atoms with Crippen LogP contribution in [0.1, 0.15) is 15.9 Å². The van der Waals surface area contributed by atoms with Crippen LogP contribution in [-0.4, -0.2) is 28.7 Å². The van der Waals surface area contributed by atoms with Crippen molar-refractivity contribution in [2.45, 2.75) is 0 Å². The number of methoxy groups -OCH3 is 1. The first-order valence-electron chi connectivity index (χ1n) is 10.2. The summed E-state index contributed by atoms with van der Waals surface area (Å²) < 4.78 is 7.03. The summed E-state index contributed by atoms with van der Waals surface area (Å²) in [6, 6.07) is 23.7. The quantitative estimate of drug-likeness (QED) is 0.420. The molecule has 3 N–H and O–H groups in total. The lowest BCUT2D eigenvalue weighted by Gasteiger charge is -2.03. The van der Waals surface area contributed by atoms with Gasteiger partial charge in [0.25, 0.3) is 0 Å². The van der Waals surface area contributed by atoms with E-state index in [4.69, 9.17) is 15.6 Å². The number of aromatic nitrogens is 2. The van der Waals surface area contributed by atoms with Gasteiger partial charge in [0.1, 0.15) is 5.75 Å². The fourth-order valence-electron chi connectivity index (χ4n) is 3.26. The zero-order valence-corrected chi connectivity index (χ0v) is 17.9. The van der Waals surface area contributed by atoms with Crippen molar-refractivity contribution < 1.29 is 14.3 Å². The molecule has 2 amide bonds. The van der Waals surface area contributed by atoms with Crippen molar-refractivity contribution in [1.29, 1.82) is 0 Å². The summed E-state index contributed by atoms with van der Waals surface area (Å²) in [5.41, 5.74) is 9.50. The number of ether oxygens (including phenoxy) is 1. The Labute approximate surface area is 191 Å². The van der Waals surface area contributed by atoms with Crippen LogP contribution in [-0.2, 0) is 4.79 Å². The van der Waals surface area contributed by atoms with Crippen molar-refractivity contribution in [1.82, 2.24) is 9.78 Å². The van der Waals surface area contributed by atoms with E-state index in [1.54, 1.807) is 42.1 Å². The van der Waals surface area contributed by atoms with Crippen LogP contribution < -0.4 is 15.8 Å². The number of nitrogens with two attached hydrogens (primary N) is 1. The molecule has 1 heterocycles. The third-order valence-corrected chi connectivity index (χ3v) is 4.98. The summed E-state index contributed by atoms with van der Waals surface area (Å²) in [5, 5.41) is 7.51. The topological polar surface area (TPSA) is 99.2 Å². The highest BCUT2D eigenvalue weighted by Gasteiger charge is 2.11. The second-order valence-electron chi connectivity index (χ2n) is 7.21. The van der Waals surface area contributed by atoms with Gasteiger partial charge >= 0.3 is 0 Å².